The third-order valence-electron chi connectivity index (χ3n) is 4.41. The maximum absolute atomic E-state index is 6.24. The van der Waals surface area contributed by atoms with Crippen LogP contribution in [-0.4, -0.2) is 27.8 Å². The van der Waals surface area contributed by atoms with E-state index in [2.05, 4.69) is 48.6 Å². The summed E-state index contributed by atoms with van der Waals surface area (Å²) in [5.41, 5.74) is 3.22. The number of hydrogen-bond acceptors (Lipinski definition) is 2. The highest BCUT2D eigenvalue weighted by atomic mass is 35.5. The second kappa shape index (κ2) is 8.02. The van der Waals surface area contributed by atoms with Crippen LogP contribution in [0.5, 0.6) is 0 Å². The summed E-state index contributed by atoms with van der Waals surface area (Å²) < 4.78 is 2.11. The van der Waals surface area contributed by atoms with Crippen LogP contribution in [0.15, 0.2) is 48.5 Å². The van der Waals surface area contributed by atoms with E-state index in [-0.39, 0.29) is 18.6 Å². The maximum atomic E-state index is 6.24. The molecule has 0 aliphatic rings. The highest BCUT2D eigenvalue weighted by Gasteiger charge is 2.19. The Hall–Kier alpha value is -1.55. The highest BCUT2D eigenvalue weighted by molar-refractivity contribution is 6.31. The number of halogens is 2. The van der Waals surface area contributed by atoms with Crippen LogP contribution < -0.4 is 0 Å². The van der Waals surface area contributed by atoms with Gasteiger partial charge in [0, 0.05) is 16.0 Å². The number of aromatic nitrogens is 2. The lowest BCUT2D eigenvalue weighted by molar-refractivity contribution is 0.163. The molecule has 1 unspecified atom stereocenters. The monoisotopic (exact) mass is 363 g/mol. The average Bonchev–Trinajstić information content (AvgIpc) is 2.95. The van der Waals surface area contributed by atoms with E-state index in [1.54, 1.807) is 0 Å². The van der Waals surface area contributed by atoms with Crippen molar-refractivity contribution in [3.8, 4) is 11.3 Å². The van der Waals surface area contributed by atoms with Gasteiger partial charge in [0.15, 0.2) is 0 Å². The summed E-state index contributed by atoms with van der Waals surface area (Å²) in [5.74, 6) is 0. The molecule has 5 heteroatoms. The molecule has 0 bridgehead atoms. The van der Waals surface area contributed by atoms with Gasteiger partial charge in [-0.25, -0.2) is 4.68 Å². The summed E-state index contributed by atoms with van der Waals surface area (Å²) >= 11 is 6.24. The van der Waals surface area contributed by atoms with E-state index in [1.165, 1.54) is 0 Å². The molecule has 0 saturated heterocycles. The molecule has 128 valence electrons. The minimum absolute atomic E-state index is 0. The van der Waals surface area contributed by atoms with Crippen molar-refractivity contribution in [2.24, 2.45) is 0 Å². The van der Waals surface area contributed by atoms with Crippen molar-refractivity contribution in [3.63, 3.8) is 0 Å². The fourth-order valence-corrected chi connectivity index (χ4v) is 3.29. The minimum Gasteiger partial charge on any atom is -0.283 e. The molecule has 3 aromatic rings. The molecular formula is C19H23Cl2N3. The maximum Gasteiger partial charge on any atom is 0.102 e. The molecule has 1 heterocycles. The Labute approximate surface area is 154 Å². The van der Waals surface area contributed by atoms with Crippen LogP contribution in [0.25, 0.3) is 22.2 Å². The third-order valence-corrected chi connectivity index (χ3v) is 4.65. The van der Waals surface area contributed by atoms with Crippen LogP contribution >= 0.6 is 24.0 Å². The summed E-state index contributed by atoms with van der Waals surface area (Å²) in [6.07, 6.45) is 0.200. The van der Waals surface area contributed by atoms with Crippen LogP contribution in [-0.2, 0) is 0 Å². The lowest BCUT2D eigenvalue weighted by atomic mass is 10.1. The summed E-state index contributed by atoms with van der Waals surface area (Å²) in [6.45, 7) is 8.55. The number of rotatable bonds is 5. The van der Waals surface area contributed by atoms with E-state index in [1.807, 2.05) is 30.3 Å². The van der Waals surface area contributed by atoms with E-state index in [4.69, 9.17) is 16.7 Å². The third kappa shape index (κ3) is 3.44. The molecule has 1 atom stereocenters. The molecule has 3 nitrogen and oxygen atoms in total. The van der Waals surface area contributed by atoms with Crippen molar-refractivity contribution in [1.82, 2.24) is 14.7 Å². The first-order chi connectivity index (χ1) is 11.2. The summed E-state index contributed by atoms with van der Waals surface area (Å²) in [5, 5.41) is 6.77. The van der Waals surface area contributed by atoms with Gasteiger partial charge in [-0.2, -0.15) is 5.10 Å². The molecule has 0 spiro atoms. The summed E-state index contributed by atoms with van der Waals surface area (Å²) in [4.78, 5) is 2.38. The Kier molecular flexibility index (Phi) is 6.27. The van der Waals surface area contributed by atoms with Crippen molar-refractivity contribution < 1.29 is 0 Å². The first kappa shape index (κ1) is 18.8. The first-order valence-electron chi connectivity index (χ1n) is 8.13. The van der Waals surface area contributed by atoms with Crippen molar-refractivity contribution in [2.75, 3.05) is 13.1 Å². The Bertz CT molecular complexity index is 795. The smallest absolute Gasteiger partial charge is 0.102 e. The first-order valence-corrected chi connectivity index (χ1v) is 8.50. The molecule has 0 aliphatic carbocycles. The van der Waals surface area contributed by atoms with Crippen LogP contribution in [0.4, 0.5) is 0 Å². The molecular weight excluding hydrogens is 341 g/mol. The molecule has 0 amide bonds. The zero-order valence-electron chi connectivity index (χ0n) is 14.2. The van der Waals surface area contributed by atoms with Gasteiger partial charge < -0.3 is 0 Å². The zero-order valence-corrected chi connectivity index (χ0v) is 15.8. The normalized spacial score (nSPS) is 12.4. The van der Waals surface area contributed by atoms with Crippen molar-refractivity contribution in [1.29, 1.82) is 0 Å². The molecule has 24 heavy (non-hydrogen) atoms. The Morgan fingerprint density at radius 3 is 2.38 bits per heavy atom. The molecule has 0 aliphatic heterocycles. The van der Waals surface area contributed by atoms with Gasteiger partial charge in [0.1, 0.15) is 11.9 Å². The molecule has 0 saturated carbocycles. The van der Waals surface area contributed by atoms with Gasteiger partial charge in [0.2, 0.25) is 0 Å². The van der Waals surface area contributed by atoms with E-state index in [0.29, 0.717) is 0 Å². The standard InChI is InChI=1S/C19H22ClN3.ClH/c1-4-22(5-2)14(3)23-18-12-11-16(20)13-17(18)19(21-23)15-9-7-6-8-10-15;/h6-14H,4-5H2,1-3H3;1H. The second-order valence-corrected chi connectivity index (χ2v) is 6.11. The molecule has 0 radical (unpaired) electrons. The Morgan fingerprint density at radius 1 is 1.08 bits per heavy atom. The fourth-order valence-electron chi connectivity index (χ4n) is 3.11. The number of nitrogens with zero attached hydrogens (tertiary/aromatic N) is 3. The second-order valence-electron chi connectivity index (χ2n) is 5.67. The van der Waals surface area contributed by atoms with Crippen molar-refractivity contribution >= 4 is 34.9 Å². The van der Waals surface area contributed by atoms with Gasteiger partial charge >= 0.3 is 0 Å². The van der Waals surface area contributed by atoms with Crippen LogP contribution in [0.1, 0.15) is 26.9 Å². The van der Waals surface area contributed by atoms with E-state index >= 15 is 0 Å². The molecule has 2 aromatic carbocycles. The van der Waals surface area contributed by atoms with Crippen LogP contribution in [0.2, 0.25) is 5.02 Å². The average molecular weight is 364 g/mol. The largest absolute Gasteiger partial charge is 0.283 e. The minimum atomic E-state index is 0. The quantitative estimate of drug-likeness (QED) is 0.584. The van der Waals surface area contributed by atoms with Gasteiger partial charge in [0.25, 0.3) is 0 Å². The molecule has 0 N–H and O–H groups in total. The molecule has 1 aromatic heterocycles. The summed E-state index contributed by atoms with van der Waals surface area (Å²) in [7, 11) is 0. The van der Waals surface area contributed by atoms with Gasteiger partial charge in [-0.05, 0) is 38.2 Å². The van der Waals surface area contributed by atoms with Gasteiger partial charge in [0.05, 0.1) is 5.52 Å². The SMILES string of the molecule is CCN(CC)C(C)n1nc(-c2ccccc2)c2cc(Cl)ccc21.Cl. The topological polar surface area (TPSA) is 21.1 Å². The van der Waals surface area contributed by atoms with E-state index in [0.717, 1.165) is 40.3 Å². The highest BCUT2D eigenvalue weighted by Crippen LogP contribution is 2.32. The predicted octanol–water partition coefficient (Wildman–Crippen LogP) is 5.64. The van der Waals surface area contributed by atoms with Crippen LogP contribution in [0.3, 0.4) is 0 Å². The van der Waals surface area contributed by atoms with Gasteiger partial charge in [-0.1, -0.05) is 55.8 Å². The zero-order chi connectivity index (χ0) is 16.4. The molecule has 0 fully saturated rings. The fraction of sp³-hybridized carbons (Fsp3) is 0.316. The van der Waals surface area contributed by atoms with Crippen molar-refractivity contribution in [2.45, 2.75) is 26.9 Å². The number of benzene rings is 2. The lowest BCUT2D eigenvalue weighted by Gasteiger charge is -2.27. The number of hydrogen-bond donors (Lipinski definition) is 0. The number of fused-ring (bicyclic) bond motifs is 1. The Balaban J connectivity index is 0.00000208. The Morgan fingerprint density at radius 2 is 1.75 bits per heavy atom. The van der Waals surface area contributed by atoms with E-state index < -0.39 is 0 Å². The predicted molar refractivity (Wildman–Crippen MR) is 105 cm³/mol. The van der Waals surface area contributed by atoms with Crippen LogP contribution in [0, 0.1) is 0 Å². The molecule has 3 rings (SSSR count). The van der Waals surface area contributed by atoms with E-state index in [9.17, 15) is 0 Å². The lowest BCUT2D eigenvalue weighted by Crippen LogP contribution is -2.31. The van der Waals surface area contributed by atoms with Gasteiger partial charge in [-0.3, -0.25) is 4.90 Å². The van der Waals surface area contributed by atoms with Gasteiger partial charge in [-0.15, -0.1) is 12.4 Å². The summed E-state index contributed by atoms with van der Waals surface area (Å²) in [6, 6.07) is 16.3. The van der Waals surface area contributed by atoms with Crippen molar-refractivity contribution in [3.05, 3.63) is 53.6 Å².